The Kier molecular flexibility index (Phi) is 6.21. The highest BCUT2D eigenvalue weighted by Gasteiger charge is 2.28. The van der Waals surface area contributed by atoms with Crippen LogP contribution in [0.5, 0.6) is 5.75 Å². The van der Waals surface area contributed by atoms with Crippen molar-refractivity contribution in [1.82, 2.24) is 8.87 Å². The molecule has 0 bridgehead atoms. The molecule has 1 aliphatic heterocycles. The molecule has 0 saturated heterocycles. The molecule has 0 spiro atoms. The van der Waals surface area contributed by atoms with Crippen LogP contribution >= 0.6 is 0 Å². The Morgan fingerprint density at radius 1 is 0.971 bits per heavy atom. The van der Waals surface area contributed by atoms with E-state index in [-0.39, 0.29) is 10.7 Å². The first-order valence-electron chi connectivity index (χ1n) is 11.5. The Bertz CT molecular complexity index is 1500. The predicted molar refractivity (Wildman–Crippen MR) is 137 cm³/mol. The van der Waals surface area contributed by atoms with Crippen LogP contribution in [0.2, 0.25) is 0 Å². The molecular weight excluding hydrogens is 463 g/mol. The van der Waals surface area contributed by atoms with Gasteiger partial charge in [-0.25, -0.2) is 12.8 Å². The summed E-state index contributed by atoms with van der Waals surface area (Å²) in [4.78, 5) is 0.266. The van der Waals surface area contributed by atoms with Gasteiger partial charge < -0.3 is 9.30 Å². The van der Waals surface area contributed by atoms with Gasteiger partial charge in [-0.05, 0) is 66.9 Å². The van der Waals surface area contributed by atoms with Crippen molar-refractivity contribution in [3.8, 4) is 5.75 Å². The molecule has 0 N–H and O–H groups in total. The number of sulfonamides is 1. The Balaban J connectivity index is 1.46. The van der Waals surface area contributed by atoms with Gasteiger partial charge in [0.1, 0.15) is 11.6 Å². The lowest BCUT2D eigenvalue weighted by atomic mass is 9.97. The van der Waals surface area contributed by atoms with E-state index in [4.69, 9.17) is 4.74 Å². The molecule has 1 aromatic heterocycles. The molecule has 7 heteroatoms. The molecular formula is C28H27FN2O3S. The zero-order valence-electron chi connectivity index (χ0n) is 19.7. The number of ether oxygens (including phenoxy) is 1. The second-order valence-electron chi connectivity index (χ2n) is 8.71. The number of nitrogens with zero attached hydrogens (tertiary/aromatic N) is 2. The maximum Gasteiger partial charge on any atom is 0.243 e. The van der Waals surface area contributed by atoms with Gasteiger partial charge in [0.2, 0.25) is 10.0 Å². The molecule has 5 nitrogen and oxygen atoms in total. The second-order valence-corrected chi connectivity index (χ2v) is 10.6. The number of methoxy groups -OCH3 is 1. The number of hydrogen-bond acceptors (Lipinski definition) is 3. The maximum atomic E-state index is 13.4. The van der Waals surface area contributed by atoms with Gasteiger partial charge in [-0.3, -0.25) is 0 Å². The van der Waals surface area contributed by atoms with Crippen LogP contribution in [-0.2, 0) is 16.6 Å². The van der Waals surface area contributed by atoms with Crippen LogP contribution in [0.15, 0.2) is 83.8 Å². The van der Waals surface area contributed by atoms with E-state index in [0.29, 0.717) is 31.8 Å². The summed E-state index contributed by atoms with van der Waals surface area (Å²) in [5.41, 5.74) is 5.56. The zero-order valence-corrected chi connectivity index (χ0v) is 20.6. The standard InChI is InChI=1S/C28H27FN2O3S/c1-20-28(26-5-3-4-6-27(26)31(20)19-21-7-9-23(29)10-8-21)22-15-17-30(18-16-22)35(32,33)25-13-11-24(34-2)12-14-25/h3-15H,16-19H2,1-2H3. The van der Waals surface area contributed by atoms with Crippen LogP contribution in [0.25, 0.3) is 16.5 Å². The fourth-order valence-electron chi connectivity index (χ4n) is 4.81. The molecule has 1 aliphatic rings. The van der Waals surface area contributed by atoms with Gasteiger partial charge in [0.25, 0.3) is 0 Å². The van der Waals surface area contributed by atoms with Crippen LogP contribution in [0.4, 0.5) is 4.39 Å². The molecule has 5 rings (SSSR count). The Hall–Kier alpha value is -3.42. The van der Waals surface area contributed by atoms with Crippen molar-refractivity contribution >= 4 is 26.5 Å². The minimum absolute atomic E-state index is 0.245. The minimum Gasteiger partial charge on any atom is -0.497 e. The zero-order chi connectivity index (χ0) is 24.6. The van der Waals surface area contributed by atoms with Crippen LogP contribution < -0.4 is 4.74 Å². The van der Waals surface area contributed by atoms with Gasteiger partial charge in [-0.15, -0.1) is 0 Å². The number of benzene rings is 3. The Labute approximate surface area is 205 Å². The molecule has 0 radical (unpaired) electrons. The van der Waals surface area contributed by atoms with E-state index in [9.17, 15) is 12.8 Å². The third kappa shape index (κ3) is 4.37. The number of hydrogen-bond donors (Lipinski definition) is 0. The largest absolute Gasteiger partial charge is 0.497 e. The average molecular weight is 491 g/mol. The van der Waals surface area contributed by atoms with Crippen molar-refractivity contribution < 1.29 is 17.5 Å². The number of halogens is 1. The molecule has 2 heterocycles. The first-order chi connectivity index (χ1) is 16.9. The summed E-state index contributed by atoms with van der Waals surface area (Å²) in [6.07, 6.45) is 2.66. The predicted octanol–water partition coefficient (Wildman–Crippen LogP) is 5.62. The Morgan fingerprint density at radius 3 is 2.34 bits per heavy atom. The normalized spacial score (nSPS) is 14.8. The van der Waals surface area contributed by atoms with E-state index in [1.807, 2.05) is 30.3 Å². The van der Waals surface area contributed by atoms with Crippen molar-refractivity contribution in [3.63, 3.8) is 0 Å². The average Bonchev–Trinajstić information content (AvgIpc) is 3.16. The van der Waals surface area contributed by atoms with Gasteiger partial charge in [0.15, 0.2) is 0 Å². The maximum absolute atomic E-state index is 13.4. The van der Waals surface area contributed by atoms with Crippen molar-refractivity contribution in [1.29, 1.82) is 0 Å². The van der Waals surface area contributed by atoms with E-state index in [1.54, 1.807) is 31.4 Å². The molecule has 0 atom stereocenters. The third-order valence-corrected chi connectivity index (χ3v) is 8.55. The van der Waals surface area contributed by atoms with Gasteiger partial charge in [-0.2, -0.15) is 4.31 Å². The van der Waals surface area contributed by atoms with Crippen LogP contribution in [0.1, 0.15) is 23.2 Å². The topological polar surface area (TPSA) is 51.5 Å². The van der Waals surface area contributed by atoms with E-state index in [0.717, 1.165) is 33.3 Å². The van der Waals surface area contributed by atoms with Crippen LogP contribution in [0.3, 0.4) is 0 Å². The van der Waals surface area contributed by atoms with E-state index in [1.165, 1.54) is 16.4 Å². The summed E-state index contributed by atoms with van der Waals surface area (Å²) in [5.74, 6) is 0.377. The van der Waals surface area contributed by atoms with Crippen LogP contribution in [0, 0.1) is 12.7 Å². The molecule has 3 aromatic carbocycles. The SMILES string of the molecule is COc1ccc(S(=O)(=O)N2CC=C(c3c(C)n(Cc4ccc(F)cc4)c4ccccc34)CC2)cc1. The molecule has 0 unspecified atom stereocenters. The molecule has 0 aliphatic carbocycles. The number of fused-ring (bicyclic) bond motifs is 1. The van der Waals surface area contributed by atoms with Gasteiger partial charge in [0, 0.05) is 41.8 Å². The lowest BCUT2D eigenvalue weighted by Gasteiger charge is -2.26. The minimum atomic E-state index is -3.59. The van der Waals surface area contributed by atoms with Crippen molar-refractivity contribution in [3.05, 3.63) is 102 Å². The first-order valence-corrected chi connectivity index (χ1v) is 13.0. The highest BCUT2D eigenvalue weighted by Crippen LogP contribution is 2.36. The second kappa shape index (κ2) is 9.32. The number of aromatic nitrogens is 1. The first kappa shape index (κ1) is 23.3. The van der Waals surface area contributed by atoms with Gasteiger partial charge >= 0.3 is 0 Å². The number of para-hydroxylation sites is 1. The van der Waals surface area contributed by atoms with Crippen LogP contribution in [-0.4, -0.2) is 37.5 Å². The van der Waals surface area contributed by atoms with Gasteiger partial charge in [-0.1, -0.05) is 36.4 Å². The Morgan fingerprint density at radius 2 is 1.69 bits per heavy atom. The summed E-state index contributed by atoms with van der Waals surface area (Å²) in [6.45, 7) is 3.47. The highest BCUT2D eigenvalue weighted by atomic mass is 32.2. The quantitative estimate of drug-likeness (QED) is 0.352. The van der Waals surface area contributed by atoms with E-state index in [2.05, 4.69) is 23.6 Å². The number of rotatable bonds is 6. The molecule has 0 amide bonds. The van der Waals surface area contributed by atoms with Crippen molar-refractivity contribution in [2.45, 2.75) is 24.8 Å². The summed E-state index contributed by atoms with van der Waals surface area (Å²) in [7, 11) is -2.03. The molecule has 180 valence electrons. The summed E-state index contributed by atoms with van der Waals surface area (Å²) in [5, 5.41) is 1.14. The lowest BCUT2D eigenvalue weighted by molar-refractivity contribution is 0.414. The third-order valence-electron chi connectivity index (χ3n) is 6.67. The molecule has 35 heavy (non-hydrogen) atoms. The molecule has 0 saturated carbocycles. The lowest BCUT2D eigenvalue weighted by Crippen LogP contribution is -2.34. The summed E-state index contributed by atoms with van der Waals surface area (Å²) in [6, 6.07) is 21.3. The van der Waals surface area contributed by atoms with Crippen molar-refractivity contribution in [2.75, 3.05) is 20.2 Å². The van der Waals surface area contributed by atoms with Crippen molar-refractivity contribution in [2.24, 2.45) is 0 Å². The highest BCUT2D eigenvalue weighted by molar-refractivity contribution is 7.89. The monoisotopic (exact) mass is 490 g/mol. The van der Waals surface area contributed by atoms with E-state index < -0.39 is 10.0 Å². The summed E-state index contributed by atoms with van der Waals surface area (Å²) >= 11 is 0. The van der Waals surface area contributed by atoms with E-state index >= 15 is 0 Å². The summed E-state index contributed by atoms with van der Waals surface area (Å²) < 4.78 is 48.6. The van der Waals surface area contributed by atoms with Gasteiger partial charge in [0.05, 0.1) is 12.0 Å². The molecule has 4 aromatic rings. The fourth-order valence-corrected chi connectivity index (χ4v) is 6.19. The fraction of sp³-hybridized carbons (Fsp3) is 0.214. The molecule has 0 fully saturated rings. The smallest absolute Gasteiger partial charge is 0.243 e.